The van der Waals surface area contributed by atoms with Crippen molar-refractivity contribution in [3.05, 3.63) is 35.4 Å². The average molecular weight is 274 g/mol. The second-order valence-electron chi connectivity index (χ2n) is 7.31. The minimum absolute atomic E-state index is 0.323. The zero-order chi connectivity index (χ0) is 14.8. The van der Waals surface area contributed by atoms with Crippen LogP contribution in [-0.2, 0) is 6.54 Å². The van der Waals surface area contributed by atoms with Gasteiger partial charge in [-0.2, -0.15) is 0 Å². The Morgan fingerprint density at radius 3 is 2.65 bits per heavy atom. The van der Waals surface area contributed by atoms with E-state index in [-0.39, 0.29) is 0 Å². The predicted octanol–water partition coefficient (Wildman–Crippen LogP) is 3.59. The van der Waals surface area contributed by atoms with Crippen LogP contribution in [-0.4, -0.2) is 30.1 Å². The Morgan fingerprint density at radius 2 is 2.05 bits per heavy atom. The summed E-state index contributed by atoms with van der Waals surface area (Å²) in [5.74, 6) is 0. The summed E-state index contributed by atoms with van der Waals surface area (Å²) in [4.78, 5) is 2.67. The van der Waals surface area contributed by atoms with Gasteiger partial charge < -0.3 is 5.32 Å². The summed E-state index contributed by atoms with van der Waals surface area (Å²) < 4.78 is 0. The first-order chi connectivity index (χ1) is 9.40. The molecule has 0 radical (unpaired) electrons. The van der Waals surface area contributed by atoms with Crippen molar-refractivity contribution in [1.82, 2.24) is 10.2 Å². The normalized spacial score (nSPS) is 24.9. The molecule has 1 saturated heterocycles. The molecule has 1 N–H and O–H groups in total. The van der Waals surface area contributed by atoms with Crippen LogP contribution >= 0.6 is 0 Å². The SMILES string of the molecule is CCC1CNC(C(C)(C)C)CN1Cc1cccc(C)c1. The maximum Gasteiger partial charge on any atom is 0.0244 e. The Balaban J connectivity index is 2.09. The van der Waals surface area contributed by atoms with E-state index in [1.54, 1.807) is 0 Å². The third-order valence-corrected chi connectivity index (χ3v) is 4.52. The summed E-state index contributed by atoms with van der Waals surface area (Å²) in [6.07, 6.45) is 1.22. The van der Waals surface area contributed by atoms with Gasteiger partial charge in [0.1, 0.15) is 0 Å². The van der Waals surface area contributed by atoms with Crippen molar-refractivity contribution in [1.29, 1.82) is 0 Å². The van der Waals surface area contributed by atoms with Gasteiger partial charge in [-0.1, -0.05) is 57.5 Å². The summed E-state index contributed by atoms with van der Waals surface area (Å²) in [6.45, 7) is 14.8. The first-order valence-electron chi connectivity index (χ1n) is 7.93. The lowest BCUT2D eigenvalue weighted by Crippen LogP contribution is -2.59. The summed E-state index contributed by atoms with van der Waals surface area (Å²) in [7, 11) is 0. The second kappa shape index (κ2) is 6.28. The van der Waals surface area contributed by atoms with Crippen LogP contribution in [0.2, 0.25) is 0 Å². The highest BCUT2D eigenvalue weighted by molar-refractivity contribution is 5.22. The molecule has 0 saturated carbocycles. The molecule has 1 aromatic rings. The standard InChI is InChI=1S/C18H30N2/c1-6-16-11-19-17(18(3,4)5)13-20(16)12-15-9-7-8-14(2)10-15/h7-10,16-17,19H,6,11-13H2,1-5H3. The van der Waals surface area contributed by atoms with Gasteiger partial charge in [0.15, 0.2) is 0 Å². The van der Waals surface area contributed by atoms with E-state index in [9.17, 15) is 0 Å². The van der Waals surface area contributed by atoms with E-state index in [0.29, 0.717) is 17.5 Å². The van der Waals surface area contributed by atoms with Gasteiger partial charge in [-0.05, 0) is 24.3 Å². The van der Waals surface area contributed by atoms with Crippen LogP contribution in [0, 0.1) is 12.3 Å². The molecular weight excluding hydrogens is 244 g/mol. The number of rotatable bonds is 3. The fraction of sp³-hybridized carbons (Fsp3) is 0.667. The van der Waals surface area contributed by atoms with Gasteiger partial charge in [0, 0.05) is 31.7 Å². The molecule has 1 aromatic carbocycles. The molecule has 1 aliphatic heterocycles. The monoisotopic (exact) mass is 274 g/mol. The van der Waals surface area contributed by atoms with Gasteiger partial charge in [-0.25, -0.2) is 0 Å². The Bertz CT molecular complexity index is 433. The fourth-order valence-electron chi connectivity index (χ4n) is 3.08. The lowest BCUT2D eigenvalue weighted by Gasteiger charge is -2.45. The fourth-order valence-corrected chi connectivity index (χ4v) is 3.08. The molecule has 2 atom stereocenters. The zero-order valence-corrected chi connectivity index (χ0v) is 13.7. The lowest BCUT2D eigenvalue weighted by atomic mass is 9.84. The number of hydrogen-bond donors (Lipinski definition) is 1. The van der Waals surface area contributed by atoms with Crippen molar-refractivity contribution >= 4 is 0 Å². The molecule has 0 aliphatic carbocycles. The van der Waals surface area contributed by atoms with Crippen LogP contribution in [0.3, 0.4) is 0 Å². The Hall–Kier alpha value is -0.860. The Morgan fingerprint density at radius 1 is 1.30 bits per heavy atom. The quantitative estimate of drug-likeness (QED) is 0.906. The highest BCUT2D eigenvalue weighted by atomic mass is 15.2. The second-order valence-corrected chi connectivity index (χ2v) is 7.31. The largest absolute Gasteiger partial charge is 0.311 e. The van der Waals surface area contributed by atoms with E-state index in [1.807, 2.05) is 0 Å². The minimum atomic E-state index is 0.323. The van der Waals surface area contributed by atoms with Crippen LogP contribution < -0.4 is 5.32 Å². The van der Waals surface area contributed by atoms with E-state index in [1.165, 1.54) is 17.5 Å². The van der Waals surface area contributed by atoms with E-state index >= 15 is 0 Å². The van der Waals surface area contributed by atoms with Gasteiger partial charge in [0.25, 0.3) is 0 Å². The zero-order valence-electron chi connectivity index (χ0n) is 13.7. The van der Waals surface area contributed by atoms with Gasteiger partial charge in [0.05, 0.1) is 0 Å². The maximum atomic E-state index is 3.75. The van der Waals surface area contributed by atoms with Crippen molar-refractivity contribution in [3.8, 4) is 0 Å². The summed E-state index contributed by atoms with van der Waals surface area (Å²) in [6, 6.07) is 10.2. The van der Waals surface area contributed by atoms with Crippen molar-refractivity contribution < 1.29 is 0 Å². The van der Waals surface area contributed by atoms with Crippen LogP contribution in [0.1, 0.15) is 45.2 Å². The van der Waals surface area contributed by atoms with Crippen molar-refractivity contribution in [3.63, 3.8) is 0 Å². The van der Waals surface area contributed by atoms with E-state index in [0.717, 1.165) is 19.6 Å². The summed E-state index contributed by atoms with van der Waals surface area (Å²) >= 11 is 0. The molecule has 2 rings (SSSR count). The van der Waals surface area contributed by atoms with E-state index in [4.69, 9.17) is 0 Å². The number of nitrogens with zero attached hydrogens (tertiary/aromatic N) is 1. The molecule has 0 spiro atoms. The molecule has 2 nitrogen and oxygen atoms in total. The summed E-state index contributed by atoms with van der Waals surface area (Å²) in [5.41, 5.74) is 3.12. The number of hydrogen-bond acceptors (Lipinski definition) is 2. The summed E-state index contributed by atoms with van der Waals surface area (Å²) in [5, 5.41) is 3.75. The van der Waals surface area contributed by atoms with Gasteiger partial charge in [-0.15, -0.1) is 0 Å². The van der Waals surface area contributed by atoms with Crippen molar-refractivity contribution in [2.24, 2.45) is 5.41 Å². The third-order valence-electron chi connectivity index (χ3n) is 4.52. The third kappa shape index (κ3) is 3.83. The number of piperazine rings is 1. The van der Waals surface area contributed by atoms with Crippen LogP contribution in [0.15, 0.2) is 24.3 Å². The maximum absolute atomic E-state index is 3.75. The molecule has 0 amide bonds. The smallest absolute Gasteiger partial charge is 0.0244 e. The number of nitrogens with one attached hydrogen (secondary N) is 1. The van der Waals surface area contributed by atoms with E-state index in [2.05, 4.69) is 69.1 Å². The van der Waals surface area contributed by atoms with Crippen molar-refractivity contribution in [2.75, 3.05) is 13.1 Å². The number of benzene rings is 1. The Kier molecular flexibility index (Phi) is 4.87. The first-order valence-corrected chi connectivity index (χ1v) is 7.93. The van der Waals surface area contributed by atoms with Gasteiger partial charge in [-0.3, -0.25) is 4.90 Å². The average Bonchev–Trinajstić information content (AvgIpc) is 2.37. The highest BCUT2D eigenvalue weighted by Gasteiger charge is 2.33. The highest BCUT2D eigenvalue weighted by Crippen LogP contribution is 2.25. The van der Waals surface area contributed by atoms with E-state index < -0.39 is 0 Å². The Labute approximate surface area is 124 Å². The molecule has 2 unspecified atom stereocenters. The molecule has 1 fully saturated rings. The first kappa shape index (κ1) is 15.5. The lowest BCUT2D eigenvalue weighted by molar-refractivity contribution is 0.0775. The molecule has 0 aromatic heterocycles. The van der Waals surface area contributed by atoms with Gasteiger partial charge in [0.2, 0.25) is 0 Å². The predicted molar refractivity (Wildman–Crippen MR) is 86.9 cm³/mol. The number of aryl methyl sites for hydroxylation is 1. The van der Waals surface area contributed by atoms with Crippen LogP contribution in [0.25, 0.3) is 0 Å². The topological polar surface area (TPSA) is 15.3 Å². The molecule has 112 valence electrons. The molecule has 0 bridgehead atoms. The van der Waals surface area contributed by atoms with Crippen LogP contribution in [0.4, 0.5) is 0 Å². The van der Waals surface area contributed by atoms with Crippen LogP contribution in [0.5, 0.6) is 0 Å². The molecule has 20 heavy (non-hydrogen) atoms. The van der Waals surface area contributed by atoms with Crippen molar-refractivity contribution in [2.45, 2.75) is 59.7 Å². The molecule has 1 aliphatic rings. The molecular formula is C18H30N2. The minimum Gasteiger partial charge on any atom is -0.311 e. The van der Waals surface area contributed by atoms with Gasteiger partial charge >= 0.3 is 0 Å². The molecule has 1 heterocycles. The molecule has 2 heteroatoms.